The summed E-state index contributed by atoms with van der Waals surface area (Å²) in [6, 6.07) is -5.30. The van der Waals surface area contributed by atoms with Gasteiger partial charge in [0.25, 0.3) is 0 Å². The topological polar surface area (TPSA) is 237 Å². The lowest BCUT2D eigenvalue weighted by molar-refractivity contribution is -0.143. The number of nitrogens with two attached hydrogens (primary N) is 3. The number of hydrogen-bond donors (Lipinski definition) is 8. The van der Waals surface area contributed by atoms with Gasteiger partial charge in [-0.25, -0.2) is 4.79 Å². The van der Waals surface area contributed by atoms with Crippen LogP contribution >= 0.6 is 24.4 Å². The first-order valence-electron chi connectivity index (χ1n) is 8.98. The predicted molar refractivity (Wildman–Crippen MR) is 116 cm³/mol. The Morgan fingerprint density at radius 1 is 0.871 bits per heavy atom. The van der Waals surface area contributed by atoms with Crippen molar-refractivity contribution in [3.05, 3.63) is 0 Å². The van der Waals surface area contributed by atoms with E-state index in [0.717, 1.165) is 0 Å². The molecule has 0 aromatic rings. The molecular weight excluding hydrogens is 452 g/mol. The molecule has 0 rings (SSSR count). The first kappa shape index (κ1) is 28.5. The fraction of sp³-hybridized carbons (Fsp3) is 0.625. The van der Waals surface area contributed by atoms with Gasteiger partial charge in [-0.2, -0.15) is 24.4 Å². The summed E-state index contributed by atoms with van der Waals surface area (Å²) >= 11 is 5.41. The van der Waals surface area contributed by atoms with Crippen molar-refractivity contribution in [2.45, 2.75) is 43.4 Å². The summed E-state index contributed by atoms with van der Waals surface area (Å²) in [4.78, 5) is 70.4. The van der Waals surface area contributed by atoms with Crippen LogP contribution < -0.4 is 33.2 Å². The van der Waals surface area contributed by atoms with Crippen LogP contribution in [0.1, 0.15) is 19.3 Å². The summed E-state index contributed by atoms with van der Waals surface area (Å²) in [7, 11) is 0. The number of carboxylic acid groups (broad SMARTS) is 1. The normalized spacial score (nSPS) is 14.4. The number of nitrogens with one attached hydrogen (secondary N) is 3. The van der Waals surface area contributed by atoms with Crippen LogP contribution in [0.15, 0.2) is 0 Å². The quantitative estimate of drug-likeness (QED) is 0.107. The molecule has 0 saturated heterocycles. The Balaban J connectivity index is 5.23. The van der Waals surface area contributed by atoms with Gasteiger partial charge in [0.15, 0.2) is 0 Å². The number of amides is 5. The summed E-state index contributed by atoms with van der Waals surface area (Å²) in [6.07, 6.45) is 0.931. The van der Waals surface area contributed by atoms with Crippen LogP contribution in [0.25, 0.3) is 0 Å². The lowest BCUT2D eigenvalue weighted by atomic mass is 10.1. The molecule has 0 aromatic heterocycles. The molecule has 0 saturated carbocycles. The molecule has 0 radical (unpaired) electrons. The highest BCUT2D eigenvalue weighted by atomic mass is 32.2. The van der Waals surface area contributed by atoms with E-state index in [1.807, 2.05) is 6.26 Å². The molecule has 0 fully saturated rings. The van der Waals surface area contributed by atoms with Crippen LogP contribution in [0.5, 0.6) is 0 Å². The smallest absolute Gasteiger partial charge is 0.326 e. The van der Waals surface area contributed by atoms with Gasteiger partial charge < -0.3 is 38.3 Å². The van der Waals surface area contributed by atoms with Crippen LogP contribution in [0, 0.1) is 0 Å². The zero-order valence-electron chi connectivity index (χ0n) is 16.8. The minimum Gasteiger partial charge on any atom is -0.480 e. The Labute approximate surface area is 188 Å². The van der Waals surface area contributed by atoms with E-state index in [0.29, 0.717) is 12.2 Å². The molecule has 15 heteroatoms. The van der Waals surface area contributed by atoms with Crippen molar-refractivity contribution in [3.8, 4) is 0 Å². The Bertz CT molecular complexity index is 693. The molecule has 4 atom stereocenters. The average Bonchev–Trinajstić information content (AvgIpc) is 2.67. The van der Waals surface area contributed by atoms with Crippen molar-refractivity contribution in [2.75, 3.05) is 17.8 Å². The Morgan fingerprint density at radius 2 is 1.32 bits per heavy atom. The van der Waals surface area contributed by atoms with Crippen LogP contribution in [0.3, 0.4) is 0 Å². The molecule has 0 bridgehead atoms. The second-order valence-electron chi connectivity index (χ2n) is 6.43. The molecule has 176 valence electrons. The highest BCUT2D eigenvalue weighted by Crippen LogP contribution is 2.02. The number of carbonyl (C=O) groups excluding carboxylic acids is 5. The van der Waals surface area contributed by atoms with Gasteiger partial charge in [0.1, 0.15) is 18.1 Å². The molecule has 0 aliphatic rings. The molecule has 5 amide bonds. The lowest BCUT2D eigenvalue weighted by Gasteiger charge is -2.23. The fourth-order valence-corrected chi connectivity index (χ4v) is 2.95. The van der Waals surface area contributed by atoms with E-state index in [4.69, 9.17) is 22.3 Å². The molecule has 10 N–H and O–H groups in total. The van der Waals surface area contributed by atoms with Gasteiger partial charge in [0.05, 0.1) is 18.9 Å². The lowest BCUT2D eigenvalue weighted by Crippen LogP contribution is -2.58. The van der Waals surface area contributed by atoms with Crippen molar-refractivity contribution < 1.29 is 33.9 Å². The standard InChI is InChI=1S/C16H28N6O7S2/c1-31-3-2-7(17)13(25)20-8(4-11(18)23)14(26)22-10(6-30)15(27)21-9(16(28)29)5-12(19)24/h7-10,30H,2-6,17H2,1H3,(H2,18,23)(H2,19,24)(H,20,25)(H,21,27)(H,22,26)(H,28,29). The van der Waals surface area contributed by atoms with Gasteiger partial charge in [0, 0.05) is 5.75 Å². The number of aliphatic carboxylic acids is 1. The third-order valence-electron chi connectivity index (χ3n) is 3.84. The van der Waals surface area contributed by atoms with Crippen molar-refractivity contribution in [3.63, 3.8) is 0 Å². The predicted octanol–water partition coefficient (Wildman–Crippen LogP) is -3.71. The van der Waals surface area contributed by atoms with E-state index in [2.05, 4.69) is 28.6 Å². The first-order chi connectivity index (χ1) is 14.4. The van der Waals surface area contributed by atoms with E-state index >= 15 is 0 Å². The minimum atomic E-state index is -1.61. The number of rotatable bonds is 15. The summed E-state index contributed by atoms with van der Waals surface area (Å²) in [5, 5.41) is 15.7. The number of thiol groups is 1. The molecule has 13 nitrogen and oxygen atoms in total. The second kappa shape index (κ2) is 14.5. The van der Waals surface area contributed by atoms with E-state index in [9.17, 15) is 28.8 Å². The maximum atomic E-state index is 12.5. The molecule has 31 heavy (non-hydrogen) atoms. The third-order valence-corrected chi connectivity index (χ3v) is 4.85. The SMILES string of the molecule is CSCCC(N)C(=O)NC(CC(N)=O)C(=O)NC(CS)C(=O)NC(CC(N)=O)C(=O)O. The van der Waals surface area contributed by atoms with Gasteiger partial charge >= 0.3 is 5.97 Å². The third kappa shape index (κ3) is 11.4. The monoisotopic (exact) mass is 480 g/mol. The van der Waals surface area contributed by atoms with Crippen LogP contribution in [0.4, 0.5) is 0 Å². The largest absolute Gasteiger partial charge is 0.480 e. The summed E-state index contributed by atoms with van der Waals surface area (Å²) < 4.78 is 0. The highest BCUT2D eigenvalue weighted by Gasteiger charge is 2.31. The number of primary amides is 2. The molecule has 0 aliphatic heterocycles. The first-order valence-corrected chi connectivity index (χ1v) is 11.0. The van der Waals surface area contributed by atoms with Gasteiger partial charge in [-0.1, -0.05) is 0 Å². The Kier molecular flexibility index (Phi) is 13.3. The molecule has 0 heterocycles. The molecule has 4 unspecified atom stereocenters. The number of carbonyl (C=O) groups is 6. The van der Waals surface area contributed by atoms with Crippen molar-refractivity contribution in [1.29, 1.82) is 0 Å². The van der Waals surface area contributed by atoms with Crippen molar-refractivity contribution >= 4 is 59.9 Å². The maximum absolute atomic E-state index is 12.5. The second-order valence-corrected chi connectivity index (χ2v) is 7.78. The average molecular weight is 481 g/mol. The zero-order valence-corrected chi connectivity index (χ0v) is 18.5. The van der Waals surface area contributed by atoms with Gasteiger partial charge in [-0.05, 0) is 18.4 Å². The summed E-state index contributed by atoms with van der Waals surface area (Å²) in [6.45, 7) is 0. The van der Waals surface area contributed by atoms with Gasteiger partial charge in [-0.3, -0.25) is 24.0 Å². The number of hydrogen-bond acceptors (Lipinski definition) is 9. The molecule has 0 aromatic carbocycles. The van der Waals surface area contributed by atoms with Crippen LogP contribution in [-0.4, -0.2) is 82.5 Å². The Morgan fingerprint density at radius 3 is 1.77 bits per heavy atom. The number of carboxylic acids is 1. The minimum absolute atomic E-state index is 0.259. The van der Waals surface area contributed by atoms with E-state index in [-0.39, 0.29) is 5.75 Å². The Hall–Kier alpha value is -2.52. The van der Waals surface area contributed by atoms with E-state index in [1.54, 1.807) is 0 Å². The fourth-order valence-electron chi connectivity index (χ4n) is 2.21. The van der Waals surface area contributed by atoms with Gasteiger partial charge in [-0.15, -0.1) is 0 Å². The maximum Gasteiger partial charge on any atom is 0.326 e. The van der Waals surface area contributed by atoms with Crippen LogP contribution in [0.2, 0.25) is 0 Å². The molecule has 0 aliphatic carbocycles. The van der Waals surface area contributed by atoms with Crippen molar-refractivity contribution in [2.24, 2.45) is 17.2 Å². The molecule has 0 spiro atoms. The highest BCUT2D eigenvalue weighted by molar-refractivity contribution is 7.98. The number of thioether (sulfide) groups is 1. The van der Waals surface area contributed by atoms with Gasteiger partial charge in [0.2, 0.25) is 29.5 Å². The van der Waals surface area contributed by atoms with Crippen LogP contribution in [-0.2, 0) is 28.8 Å². The summed E-state index contributed by atoms with van der Waals surface area (Å²) in [5.74, 6) is -5.59. The van der Waals surface area contributed by atoms with Crippen molar-refractivity contribution in [1.82, 2.24) is 16.0 Å². The van der Waals surface area contributed by atoms with E-state index < -0.39 is 72.5 Å². The molecular formula is C16H28N6O7S2. The summed E-state index contributed by atoms with van der Waals surface area (Å²) in [5.41, 5.74) is 15.8. The van der Waals surface area contributed by atoms with E-state index in [1.165, 1.54) is 11.8 Å². The zero-order chi connectivity index (χ0) is 24.1.